The monoisotopic (exact) mass is 193 g/mol. The molecule has 14 heavy (non-hydrogen) atoms. The van der Waals surface area contributed by atoms with E-state index in [1.807, 2.05) is 6.07 Å². The molecular weight excluding hydrogens is 177 g/mol. The van der Waals surface area contributed by atoms with Crippen LogP contribution in [0.4, 0.5) is 4.39 Å². The minimum atomic E-state index is -0.131. The quantitative estimate of drug-likeness (QED) is 0.723. The summed E-state index contributed by atoms with van der Waals surface area (Å²) in [6.07, 6.45) is 4.91. The second-order valence-electron chi connectivity index (χ2n) is 3.91. The zero-order valence-electron chi connectivity index (χ0n) is 8.30. The third kappa shape index (κ3) is 2.32. The number of hydrogen-bond donors (Lipinski definition) is 1. The topological polar surface area (TPSA) is 12.0 Å². The van der Waals surface area contributed by atoms with Crippen LogP contribution in [0, 0.1) is 5.82 Å². The van der Waals surface area contributed by atoms with E-state index in [0.29, 0.717) is 6.04 Å². The fourth-order valence-corrected chi connectivity index (χ4v) is 2.04. The molecule has 1 aromatic rings. The van der Waals surface area contributed by atoms with Gasteiger partial charge in [-0.1, -0.05) is 25.0 Å². The zero-order valence-corrected chi connectivity index (χ0v) is 8.30. The smallest absolute Gasteiger partial charge is 0.123 e. The van der Waals surface area contributed by atoms with Crippen molar-refractivity contribution in [1.29, 1.82) is 0 Å². The van der Waals surface area contributed by atoms with Crippen LogP contribution in [0.3, 0.4) is 0 Å². The highest BCUT2D eigenvalue weighted by Crippen LogP contribution is 2.22. The average Bonchev–Trinajstić information content (AvgIpc) is 2.45. The lowest BCUT2D eigenvalue weighted by molar-refractivity contribution is 0.529. The van der Waals surface area contributed by atoms with Gasteiger partial charge < -0.3 is 5.32 Å². The highest BCUT2D eigenvalue weighted by molar-refractivity contribution is 5.20. The standard InChI is InChI=1S/C12H16FN/c13-11-6-4-5-10(9-11)12-7-2-1-3-8-14-12/h4-6,9,12,14H,1-3,7-8H2/t12-/m0/s1. The molecule has 1 saturated heterocycles. The molecule has 0 spiro atoms. The number of benzene rings is 1. The van der Waals surface area contributed by atoms with Gasteiger partial charge in [0.2, 0.25) is 0 Å². The van der Waals surface area contributed by atoms with Crippen LogP contribution in [-0.2, 0) is 0 Å². The molecule has 1 nitrogen and oxygen atoms in total. The molecule has 1 heterocycles. The molecule has 0 bridgehead atoms. The van der Waals surface area contributed by atoms with Crippen molar-refractivity contribution in [2.24, 2.45) is 0 Å². The van der Waals surface area contributed by atoms with E-state index < -0.39 is 0 Å². The third-order valence-corrected chi connectivity index (χ3v) is 2.81. The van der Waals surface area contributed by atoms with E-state index in [1.54, 1.807) is 12.1 Å². The summed E-state index contributed by atoms with van der Waals surface area (Å²) in [5.74, 6) is -0.131. The van der Waals surface area contributed by atoms with Crippen molar-refractivity contribution in [3.05, 3.63) is 35.6 Å². The lowest BCUT2D eigenvalue weighted by atomic mass is 10.0. The number of hydrogen-bond acceptors (Lipinski definition) is 1. The minimum Gasteiger partial charge on any atom is -0.310 e. The Labute approximate surface area is 84.3 Å². The van der Waals surface area contributed by atoms with Gasteiger partial charge in [-0.25, -0.2) is 4.39 Å². The van der Waals surface area contributed by atoms with E-state index in [0.717, 1.165) is 18.5 Å². The summed E-state index contributed by atoms with van der Waals surface area (Å²) >= 11 is 0. The van der Waals surface area contributed by atoms with Gasteiger partial charge in [0.05, 0.1) is 0 Å². The Kier molecular flexibility index (Phi) is 3.14. The van der Waals surface area contributed by atoms with E-state index in [2.05, 4.69) is 5.32 Å². The lowest BCUT2D eigenvalue weighted by Crippen LogP contribution is -2.20. The van der Waals surface area contributed by atoms with Crippen molar-refractivity contribution < 1.29 is 4.39 Å². The zero-order chi connectivity index (χ0) is 9.80. The Hall–Kier alpha value is -0.890. The summed E-state index contributed by atoms with van der Waals surface area (Å²) in [4.78, 5) is 0. The van der Waals surface area contributed by atoms with Crippen molar-refractivity contribution in [3.8, 4) is 0 Å². The molecule has 0 saturated carbocycles. The van der Waals surface area contributed by atoms with Crippen LogP contribution < -0.4 is 5.32 Å². The molecule has 0 aromatic heterocycles. The molecule has 1 atom stereocenters. The first-order valence-electron chi connectivity index (χ1n) is 5.35. The maximum Gasteiger partial charge on any atom is 0.123 e. The fraction of sp³-hybridized carbons (Fsp3) is 0.500. The Bertz CT molecular complexity index is 290. The van der Waals surface area contributed by atoms with Crippen molar-refractivity contribution in [2.75, 3.05) is 6.54 Å². The van der Waals surface area contributed by atoms with Gasteiger partial charge in [0.1, 0.15) is 5.82 Å². The van der Waals surface area contributed by atoms with E-state index in [4.69, 9.17) is 0 Å². The maximum absolute atomic E-state index is 13.0. The first-order valence-corrected chi connectivity index (χ1v) is 5.35. The molecule has 0 radical (unpaired) electrons. The molecule has 2 rings (SSSR count). The summed E-state index contributed by atoms with van der Waals surface area (Å²) in [5.41, 5.74) is 1.09. The van der Waals surface area contributed by atoms with Crippen LogP contribution in [-0.4, -0.2) is 6.54 Å². The van der Waals surface area contributed by atoms with E-state index in [1.165, 1.54) is 25.3 Å². The summed E-state index contributed by atoms with van der Waals surface area (Å²) in [5, 5.41) is 3.46. The molecule has 0 aliphatic carbocycles. The molecular formula is C12H16FN. The number of halogens is 1. The van der Waals surface area contributed by atoms with Crippen LogP contribution >= 0.6 is 0 Å². The SMILES string of the molecule is Fc1cccc([C@@H]2CCCCCN2)c1. The summed E-state index contributed by atoms with van der Waals surface area (Å²) < 4.78 is 13.0. The van der Waals surface area contributed by atoms with Crippen LogP contribution in [0.1, 0.15) is 37.3 Å². The molecule has 1 aromatic carbocycles. The van der Waals surface area contributed by atoms with Gasteiger partial charge in [0.15, 0.2) is 0 Å². The summed E-state index contributed by atoms with van der Waals surface area (Å²) in [7, 11) is 0. The first-order chi connectivity index (χ1) is 6.86. The molecule has 1 aliphatic heterocycles. The molecule has 2 heteroatoms. The lowest BCUT2D eigenvalue weighted by Gasteiger charge is -2.15. The number of rotatable bonds is 1. The normalized spacial score (nSPS) is 23.1. The van der Waals surface area contributed by atoms with Gasteiger partial charge >= 0.3 is 0 Å². The van der Waals surface area contributed by atoms with E-state index in [9.17, 15) is 4.39 Å². The maximum atomic E-state index is 13.0. The van der Waals surface area contributed by atoms with E-state index in [-0.39, 0.29) is 5.82 Å². The first kappa shape index (κ1) is 9.66. The van der Waals surface area contributed by atoms with Crippen molar-refractivity contribution in [2.45, 2.75) is 31.7 Å². The number of nitrogens with one attached hydrogen (secondary N) is 1. The van der Waals surface area contributed by atoms with Gasteiger partial charge in [-0.2, -0.15) is 0 Å². The van der Waals surface area contributed by atoms with Gasteiger partial charge in [-0.05, 0) is 37.1 Å². The third-order valence-electron chi connectivity index (χ3n) is 2.81. The Morgan fingerprint density at radius 1 is 1.21 bits per heavy atom. The van der Waals surface area contributed by atoms with Crippen molar-refractivity contribution in [3.63, 3.8) is 0 Å². The highest BCUT2D eigenvalue weighted by Gasteiger charge is 2.13. The molecule has 76 valence electrons. The average molecular weight is 193 g/mol. The largest absolute Gasteiger partial charge is 0.310 e. The van der Waals surface area contributed by atoms with Gasteiger partial charge in [0, 0.05) is 6.04 Å². The second-order valence-corrected chi connectivity index (χ2v) is 3.91. The molecule has 0 unspecified atom stereocenters. The highest BCUT2D eigenvalue weighted by atomic mass is 19.1. The van der Waals surface area contributed by atoms with Crippen LogP contribution in [0.2, 0.25) is 0 Å². The fourth-order valence-electron chi connectivity index (χ4n) is 2.04. The molecule has 1 fully saturated rings. The van der Waals surface area contributed by atoms with Crippen LogP contribution in [0.25, 0.3) is 0 Å². The van der Waals surface area contributed by atoms with Gasteiger partial charge in [-0.3, -0.25) is 0 Å². The van der Waals surface area contributed by atoms with Crippen molar-refractivity contribution in [1.82, 2.24) is 5.32 Å². The summed E-state index contributed by atoms with van der Waals surface area (Å²) in [6.45, 7) is 1.06. The molecule has 1 aliphatic rings. The van der Waals surface area contributed by atoms with Gasteiger partial charge in [0.25, 0.3) is 0 Å². The molecule has 0 amide bonds. The minimum absolute atomic E-state index is 0.131. The van der Waals surface area contributed by atoms with Gasteiger partial charge in [-0.15, -0.1) is 0 Å². The van der Waals surface area contributed by atoms with Crippen LogP contribution in [0.5, 0.6) is 0 Å². The van der Waals surface area contributed by atoms with Crippen molar-refractivity contribution >= 4 is 0 Å². The Morgan fingerprint density at radius 2 is 2.14 bits per heavy atom. The predicted molar refractivity (Wildman–Crippen MR) is 55.6 cm³/mol. The Morgan fingerprint density at radius 3 is 3.00 bits per heavy atom. The Balaban J connectivity index is 2.12. The predicted octanol–water partition coefficient (Wildman–Crippen LogP) is 3.03. The second kappa shape index (κ2) is 4.56. The molecule has 1 N–H and O–H groups in total. The summed E-state index contributed by atoms with van der Waals surface area (Å²) in [6, 6.07) is 7.29. The van der Waals surface area contributed by atoms with Crippen LogP contribution in [0.15, 0.2) is 24.3 Å². The van der Waals surface area contributed by atoms with E-state index >= 15 is 0 Å².